The van der Waals surface area contributed by atoms with Gasteiger partial charge in [-0.2, -0.15) is 0 Å². The number of carbonyl (C=O) groups excluding carboxylic acids is 2. The molecule has 0 aliphatic heterocycles. The van der Waals surface area contributed by atoms with E-state index in [1.54, 1.807) is 13.8 Å². The quantitative estimate of drug-likeness (QED) is 0.577. The van der Waals surface area contributed by atoms with E-state index in [4.69, 9.17) is 9.47 Å². The first-order valence-corrected chi connectivity index (χ1v) is 8.04. The molecule has 1 N–H and O–H groups in total. The fourth-order valence-corrected chi connectivity index (χ4v) is 3.15. The average Bonchev–Trinajstić information content (AvgIpc) is 2.42. The van der Waals surface area contributed by atoms with Crippen molar-refractivity contribution in [2.45, 2.75) is 64.9 Å². The molecule has 0 unspecified atom stereocenters. The van der Waals surface area contributed by atoms with E-state index < -0.39 is 23.5 Å². The molecule has 0 bridgehead atoms. The summed E-state index contributed by atoms with van der Waals surface area (Å²) in [6.45, 7) is 5.87. The summed E-state index contributed by atoms with van der Waals surface area (Å²) >= 11 is 0. The zero-order valence-corrected chi connectivity index (χ0v) is 13.4. The predicted octanol–water partition coefficient (Wildman–Crippen LogP) is 2.45. The number of carbonyl (C=O) groups is 2. The second-order valence-corrected chi connectivity index (χ2v) is 5.77. The lowest BCUT2D eigenvalue weighted by Gasteiger charge is -2.39. The van der Waals surface area contributed by atoms with E-state index in [2.05, 4.69) is 6.92 Å². The van der Waals surface area contributed by atoms with Crippen molar-refractivity contribution in [2.24, 2.45) is 11.8 Å². The third-order valence-corrected chi connectivity index (χ3v) is 4.25. The summed E-state index contributed by atoms with van der Waals surface area (Å²) in [5, 5.41) is 10.8. The SMILES string of the molecule is CCCC1CCC(O)(C(C(=O)OCC)C(=O)OCC)CC1. The average molecular weight is 300 g/mol. The summed E-state index contributed by atoms with van der Waals surface area (Å²) in [4.78, 5) is 24.2. The Morgan fingerprint density at radius 3 is 1.95 bits per heavy atom. The fraction of sp³-hybridized carbons (Fsp3) is 0.875. The molecule has 1 saturated carbocycles. The minimum atomic E-state index is -1.33. The van der Waals surface area contributed by atoms with Crippen LogP contribution in [0.1, 0.15) is 59.3 Å². The standard InChI is InChI=1S/C16H28O5/c1-4-7-12-8-10-16(19,11-9-12)13(14(17)20-5-2)15(18)21-6-3/h12-13,19H,4-11H2,1-3H3. The van der Waals surface area contributed by atoms with E-state index in [0.29, 0.717) is 18.8 Å². The van der Waals surface area contributed by atoms with E-state index in [-0.39, 0.29) is 13.2 Å². The van der Waals surface area contributed by atoms with Gasteiger partial charge in [-0.3, -0.25) is 9.59 Å². The van der Waals surface area contributed by atoms with Crippen molar-refractivity contribution in [3.8, 4) is 0 Å². The van der Waals surface area contributed by atoms with Gasteiger partial charge in [0.25, 0.3) is 0 Å². The fourth-order valence-electron chi connectivity index (χ4n) is 3.15. The largest absolute Gasteiger partial charge is 0.465 e. The highest BCUT2D eigenvalue weighted by atomic mass is 16.6. The molecule has 0 saturated heterocycles. The van der Waals surface area contributed by atoms with Crippen LogP contribution in [0.4, 0.5) is 0 Å². The molecule has 0 atom stereocenters. The molecule has 0 aromatic heterocycles. The molecule has 0 amide bonds. The van der Waals surface area contributed by atoms with Crippen molar-refractivity contribution in [3.05, 3.63) is 0 Å². The Morgan fingerprint density at radius 1 is 1.10 bits per heavy atom. The highest BCUT2D eigenvalue weighted by Crippen LogP contribution is 2.39. The molecule has 21 heavy (non-hydrogen) atoms. The second-order valence-electron chi connectivity index (χ2n) is 5.77. The van der Waals surface area contributed by atoms with Crippen molar-refractivity contribution in [1.82, 2.24) is 0 Å². The van der Waals surface area contributed by atoms with Crippen LogP contribution < -0.4 is 0 Å². The van der Waals surface area contributed by atoms with Gasteiger partial charge in [0.05, 0.1) is 18.8 Å². The molecule has 0 heterocycles. The number of rotatable bonds is 7. The lowest BCUT2D eigenvalue weighted by atomic mass is 9.71. The van der Waals surface area contributed by atoms with E-state index >= 15 is 0 Å². The predicted molar refractivity (Wildman–Crippen MR) is 78.6 cm³/mol. The maximum absolute atomic E-state index is 12.1. The third-order valence-electron chi connectivity index (χ3n) is 4.25. The minimum absolute atomic E-state index is 0.184. The van der Waals surface area contributed by atoms with Gasteiger partial charge in [0.1, 0.15) is 0 Å². The van der Waals surface area contributed by atoms with Crippen LogP contribution in [0.25, 0.3) is 0 Å². The molecule has 0 radical (unpaired) electrons. The summed E-state index contributed by atoms with van der Waals surface area (Å²) in [6.07, 6.45) is 4.79. The molecule has 0 aromatic rings. The molecule has 0 aromatic carbocycles. The highest BCUT2D eigenvalue weighted by Gasteiger charge is 2.49. The van der Waals surface area contributed by atoms with Gasteiger partial charge in [-0.15, -0.1) is 0 Å². The van der Waals surface area contributed by atoms with Crippen LogP contribution in [-0.2, 0) is 19.1 Å². The van der Waals surface area contributed by atoms with E-state index in [9.17, 15) is 14.7 Å². The van der Waals surface area contributed by atoms with Crippen LogP contribution in [0, 0.1) is 11.8 Å². The lowest BCUT2D eigenvalue weighted by Crippen LogP contribution is -2.50. The number of aliphatic hydroxyl groups is 1. The van der Waals surface area contributed by atoms with Gasteiger partial charge in [0, 0.05) is 0 Å². The normalized spacial score (nSPS) is 25.7. The molecule has 5 heteroatoms. The number of hydrogen-bond acceptors (Lipinski definition) is 5. The first-order valence-electron chi connectivity index (χ1n) is 8.04. The molecule has 5 nitrogen and oxygen atoms in total. The lowest BCUT2D eigenvalue weighted by molar-refractivity contribution is -0.178. The molecule has 1 aliphatic carbocycles. The van der Waals surface area contributed by atoms with Crippen molar-refractivity contribution in [3.63, 3.8) is 0 Å². The van der Waals surface area contributed by atoms with Gasteiger partial charge in [-0.1, -0.05) is 19.8 Å². The van der Waals surface area contributed by atoms with Gasteiger partial charge in [0.2, 0.25) is 0 Å². The van der Waals surface area contributed by atoms with Crippen LogP contribution in [0.5, 0.6) is 0 Å². The molecule has 0 spiro atoms. The van der Waals surface area contributed by atoms with Gasteiger partial charge < -0.3 is 14.6 Å². The maximum Gasteiger partial charge on any atom is 0.323 e. The van der Waals surface area contributed by atoms with Crippen molar-refractivity contribution in [2.75, 3.05) is 13.2 Å². The Balaban J connectivity index is 2.82. The summed E-state index contributed by atoms with van der Waals surface area (Å²) < 4.78 is 9.93. The molecular formula is C16H28O5. The Labute approximate surface area is 127 Å². The Bertz CT molecular complexity index is 327. The first-order chi connectivity index (χ1) is 9.98. The van der Waals surface area contributed by atoms with Crippen LogP contribution in [0.15, 0.2) is 0 Å². The summed E-state index contributed by atoms with van der Waals surface area (Å²) in [7, 11) is 0. The number of ether oxygens (including phenoxy) is 2. The third kappa shape index (κ3) is 4.70. The van der Waals surface area contributed by atoms with Crippen LogP contribution in [-0.4, -0.2) is 35.9 Å². The minimum Gasteiger partial charge on any atom is -0.465 e. The smallest absolute Gasteiger partial charge is 0.323 e. The topological polar surface area (TPSA) is 72.8 Å². The number of esters is 2. The van der Waals surface area contributed by atoms with Gasteiger partial charge in [-0.05, 0) is 45.4 Å². The Morgan fingerprint density at radius 2 is 1.57 bits per heavy atom. The zero-order valence-electron chi connectivity index (χ0n) is 13.4. The van der Waals surface area contributed by atoms with Gasteiger partial charge in [-0.25, -0.2) is 0 Å². The van der Waals surface area contributed by atoms with Crippen molar-refractivity contribution >= 4 is 11.9 Å². The zero-order chi connectivity index (χ0) is 15.9. The summed E-state index contributed by atoms with van der Waals surface area (Å²) in [6, 6.07) is 0. The van der Waals surface area contributed by atoms with Crippen LogP contribution in [0.3, 0.4) is 0 Å². The second kappa shape index (κ2) is 8.37. The summed E-state index contributed by atoms with van der Waals surface area (Å²) in [5.41, 5.74) is -1.33. The van der Waals surface area contributed by atoms with Crippen LogP contribution in [0.2, 0.25) is 0 Å². The molecule has 122 valence electrons. The van der Waals surface area contributed by atoms with Gasteiger partial charge in [0.15, 0.2) is 5.92 Å². The first kappa shape index (κ1) is 18.0. The van der Waals surface area contributed by atoms with E-state index in [1.807, 2.05) is 0 Å². The Hall–Kier alpha value is -1.10. The molecular weight excluding hydrogens is 272 g/mol. The highest BCUT2D eigenvalue weighted by molar-refractivity contribution is 5.96. The summed E-state index contributed by atoms with van der Waals surface area (Å²) in [5.74, 6) is -2.00. The maximum atomic E-state index is 12.1. The van der Waals surface area contributed by atoms with Crippen molar-refractivity contribution in [1.29, 1.82) is 0 Å². The molecule has 1 rings (SSSR count). The van der Waals surface area contributed by atoms with E-state index in [1.165, 1.54) is 0 Å². The van der Waals surface area contributed by atoms with Crippen molar-refractivity contribution < 1.29 is 24.2 Å². The molecule has 1 fully saturated rings. The van der Waals surface area contributed by atoms with Gasteiger partial charge >= 0.3 is 11.9 Å². The molecule has 1 aliphatic rings. The number of hydrogen-bond donors (Lipinski definition) is 1. The monoisotopic (exact) mass is 300 g/mol. The Kier molecular flexibility index (Phi) is 7.15. The van der Waals surface area contributed by atoms with E-state index in [0.717, 1.165) is 25.7 Å². The van der Waals surface area contributed by atoms with Crippen LogP contribution >= 0.6 is 0 Å².